The molecule has 3 rings (SSSR count). The third-order valence-electron chi connectivity index (χ3n) is 3.97. The van der Waals surface area contributed by atoms with E-state index in [0.717, 1.165) is 5.69 Å². The second-order valence-corrected chi connectivity index (χ2v) is 5.55. The lowest BCUT2D eigenvalue weighted by Crippen LogP contribution is -2.19. The van der Waals surface area contributed by atoms with Crippen LogP contribution in [-0.4, -0.2) is 31.1 Å². The molecule has 0 fully saturated rings. The molecule has 6 nitrogen and oxygen atoms in total. The van der Waals surface area contributed by atoms with Crippen molar-refractivity contribution >= 4 is 29.1 Å². The van der Waals surface area contributed by atoms with E-state index in [4.69, 9.17) is 9.47 Å². The number of anilines is 3. The number of aromatic nitrogens is 1. The van der Waals surface area contributed by atoms with Gasteiger partial charge in [-0.1, -0.05) is 30.3 Å². The molecule has 0 aliphatic carbocycles. The van der Waals surface area contributed by atoms with Gasteiger partial charge in [0.1, 0.15) is 5.56 Å². The summed E-state index contributed by atoms with van der Waals surface area (Å²) >= 11 is 0. The van der Waals surface area contributed by atoms with Crippen molar-refractivity contribution in [1.82, 2.24) is 4.98 Å². The molecule has 0 unspecified atom stereocenters. The summed E-state index contributed by atoms with van der Waals surface area (Å²) in [6.07, 6.45) is 1.58. The number of benzene rings is 2. The Kier molecular flexibility index (Phi) is 5.47. The van der Waals surface area contributed by atoms with Crippen LogP contribution in [0, 0.1) is 0 Å². The normalized spacial score (nSPS) is 10.1. The van der Waals surface area contributed by atoms with Gasteiger partial charge in [0, 0.05) is 11.9 Å². The van der Waals surface area contributed by atoms with Gasteiger partial charge in [-0.3, -0.25) is 4.90 Å². The molecule has 0 aliphatic heterocycles. The summed E-state index contributed by atoms with van der Waals surface area (Å²) in [6.45, 7) is 0. The van der Waals surface area contributed by atoms with Crippen molar-refractivity contribution in [2.75, 3.05) is 19.1 Å². The number of pyridine rings is 1. The first-order valence-corrected chi connectivity index (χ1v) is 8.23. The van der Waals surface area contributed by atoms with Gasteiger partial charge in [0.05, 0.1) is 25.5 Å². The Bertz CT molecular complexity index is 898. The highest BCUT2D eigenvalue weighted by Crippen LogP contribution is 2.37. The summed E-state index contributed by atoms with van der Waals surface area (Å²) in [5.74, 6) is -0.649. The van der Waals surface area contributed by atoms with Crippen LogP contribution in [0.2, 0.25) is 0 Å². The maximum absolute atomic E-state index is 12.3. The quantitative estimate of drug-likeness (QED) is 0.636. The monoisotopic (exact) mass is 362 g/mol. The Morgan fingerprint density at radius 2 is 1.37 bits per heavy atom. The van der Waals surface area contributed by atoms with Crippen molar-refractivity contribution in [1.29, 1.82) is 0 Å². The van der Waals surface area contributed by atoms with E-state index in [1.54, 1.807) is 47.5 Å². The Labute approximate surface area is 157 Å². The number of nitrogens with zero attached hydrogens (tertiary/aromatic N) is 2. The van der Waals surface area contributed by atoms with E-state index in [1.807, 2.05) is 30.3 Å². The van der Waals surface area contributed by atoms with Gasteiger partial charge in [-0.2, -0.15) is 0 Å². The Hall–Kier alpha value is -3.67. The molecule has 1 aromatic heterocycles. The smallest absolute Gasteiger partial charge is 0.341 e. The number of hydrogen-bond acceptors (Lipinski definition) is 6. The van der Waals surface area contributed by atoms with Gasteiger partial charge in [0.25, 0.3) is 0 Å². The third-order valence-corrected chi connectivity index (χ3v) is 3.97. The zero-order chi connectivity index (χ0) is 19.2. The summed E-state index contributed by atoms with van der Waals surface area (Å²) < 4.78 is 9.82. The number of ether oxygens (including phenoxy) is 2. The molecule has 0 aliphatic rings. The highest BCUT2D eigenvalue weighted by molar-refractivity contribution is 6.01. The number of carbonyl (C=O) groups is 2. The lowest BCUT2D eigenvalue weighted by Gasteiger charge is -2.27. The minimum absolute atomic E-state index is 0.281. The number of esters is 2. The zero-order valence-corrected chi connectivity index (χ0v) is 15.0. The van der Waals surface area contributed by atoms with Crippen LogP contribution >= 0.6 is 0 Å². The molecule has 0 N–H and O–H groups in total. The van der Waals surface area contributed by atoms with E-state index < -0.39 is 11.9 Å². The van der Waals surface area contributed by atoms with E-state index in [-0.39, 0.29) is 5.56 Å². The molecule has 0 radical (unpaired) electrons. The van der Waals surface area contributed by atoms with Crippen LogP contribution in [0.15, 0.2) is 72.9 Å². The Balaban J connectivity index is 2.28. The third kappa shape index (κ3) is 3.64. The van der Waals surface area contributed by atoms with Gasteiger partial charge in [0.2, 0.25) is 0 Å². The molecule has 6 heteroatoms. The molecule has 3 aromatic rings. The second kappa shape index (κ2) is 8.14. The maximum atomic E-state index is 12.3. The summed E-state index contributed by atoms with van der Waals surface area (Å²) in [7, 11) is 2.64. The van der Waals surface area contributed by atoms with Crippen LogP contribution in [0.3, 0.4) is 0 Å². The van der Waals surface area contributed by atoms with Crippen LogP contribution in [-0.2, 0) is 9.47 Å². The predicted molar refractivity (Wildman–Crippen MR) is 102 cm³/mol. The molecule has 27 heavy (non-hydrogen) atoms. The van der Waals surface area contributed by atoms with E-state index in [1.165, 1.54) is 14.2 Å². The van der Waals surface area contributed by atoms with Crippen molar-refractivity contribution in [2.24, 2.45) is 0 Å². The number of methoxy groups -OCH3 is 2. The van der Waals surface area contributed by atoms with Crippen LogP contribution in [0.4, 0.5) is 17.2 Å². The lowest BCUT2D eigenvalue weighted by atomic mass is 10.1. The molecular formula is C21H18N2O4. The van der Waals surface area contributed by atoms with E-state index >= 15 is 0 Å². The Morgan fingerprint density at radius 3 is 2.07 bits per heavy atom. The molecule has 0 amide bonds. The zero-order valence-electron chi connectivity index (χ0n) is 15.0. The summed E-state index contributed by atoms with van der Waals surface area (Å²) in [5, 5.41) is 0. The first-order chi connectivity index (χ1) is 13.2. The van der Waals surface area contributed by atoms with E-state index in [0.29, 0.717) is 17.1 Å². The first kappa shape index (κ1) is 18.1. The number of rotatable bonds is 5. The number of hydrogen-bond donors (Lipinski definition) is 0. The number of carbonyl (C=O) groups excluding carboxylic acids is 2. The van der Waals surface area contributed by atoms with Gasteiger partial charge in [0.15, 0.2) is 5.82 Å². The van der Waals surface area contributed by atoms with Crippen LogP contribution in [0.5, 0.6) is 0 Å². The average Bonchev–Trinajstić information content (AvgIpc) is 2.74. The van der Waals surface area contributed by atoms with Crippen LogP contribution in [0.25, 0.3) is 0 Å². The molecule has 0 spiro atoms. The van der Waals surface area contributed by atoms with Gasteiger partial charge in [-0.15, -0.1) is 0 Å². The van der Waals surface area contributed by atoms with Gasteiger partial charge in [-0.05, 0) is 36.4 Å². The molecule has 2 aromatic carbocycles. The average molecular weight is 362 g/mol. The molecular weight excluding hydrogens is 344 g/mol. The fraction of sp³-hybridized carbons (Fsp3) is 0.0952. The largest absolute Gasteiger partial charge is 0.465 e. The minimum Gasteiger partial charge on any atom is -0.465 e. The molecule has 136 valence electrons. The fourth-order valence-corrected chi connectivity index (χ4v) is 2.75. The SMILES string of the molecule is COC(=O)c1ccccc1N(c1ccccc1)c1ncccc1C(=O)OC. The Morgan fingerprint density at radius 1 is 0.778 bits per heavy atom. The highest BCUT2D eigenvalue weighted by atomic mass is 16.5. The maximum Gasteiger partial charge on any atom is 0.341 e. The standard InChI is InChI=1S/C21H18N2O4/c1-26-20(24)16-11-6-7-13-18(16)23(15-9-4-3-5-10-15)19-17(21(25)27-2)12-8-14-22-19/h3-14H,1-2H3. The van der Waals surface area contributed by atoms with Crippen molar-refractivity contribution in [3.63, 3.8) is 0 Å². The highest BCUT2D eigenvalue weighted by Gasteiger charge is 2.25. The van der Waals surface area contributed by atoms with Crippen LogP contribution in [0.1, 0.15) is 20.7 Å². The summed E-state index contributed by atoms with van der Waals surface area (Å²) in [6, 6.07) is 19.6. The van der Waals surface area contributed by atoms with Gasteiger partial charge in [-0.25, -0.2) is 14.6 Å². The fourth-order valence-electron chi connectivity index (χ4n) is 2.75. The van der Waals surface area contributed by atoms with E-state index in [2.05, 4.69) is 4.98 Å². The molecule has 0 bridgehead atoms. The molecule has 0 atom stereocenters. The molecule has 1 heterocycles. The van der Waals surface area contributed by atoms with Gasteiger partial charge < -0.3 is 9.47 Å². The lowest BCUT2D eigenvalue weighted by molar-refractivity contribution is 0.0593. The summed E-state index contributed by atoms with van der Waals surface area (Å²) in [5.41, 5.74) is 1.91. The van der Waals surface area contributed by atoms with Crippen molar-refractivity contribution in [3.8, 4) is 0 Å². The summed E-state index contributed by atoms with van der Waals surface area (Å²) in [4.78, 5) is 30.7. The molecule has 0 saturated carbocycles. The van der Waals surface area contributed by atoms with Crippen molar-refractivity contribution in [3.05, 3.63) is 84.1 Å². The van der Waals surface area contributed by atoms with Crippen molar-refractivity contribution in [2.45, 2.75) is 0 Å². The predicted octanol–water partition coefficient (Wildman–Crippen LogP) is 4.12. The topological polar surface area (TPSA) is 68.7 Å². The first-order valence-electron chi connectivity index (χ1n) is 8.23. The molecule has 0 saturated heterocycles. The second-order valence-electron chi connectivity index (χ2n) is 5.55. The van der Waals surface area contributed by atoms with Crippen molar-refractivity contribution < 1.29 is 19.1 Å². The number of para-hydroxylation sites is 2. The van der Waals surface area contributed by atoms with Crippen LogP contribution < -0.4 is 4.90 Å². The van der Waals surface area contributed by atoms with E-state index in [9.17, 15) is 9.59 Å². The minimum atomic E-state index is -0.519. The van der Waals surface area contributed by atoms with Gasteiger partial charge >= 0.3 is 11.9 Å².